The molecule has 4 heterocycles. The number of nitrogens with zero attached hydrogens (tertiary/aromatic N) is 6. The average Bonchev–Trinajstić information content (AvgIpc) is 0.794. The Hall–Kier alpha value is -15.3. The minimum Gasteiger partial charge on any atom is -0.465 e. The fourth-order valence-corrected chi connectivity index (χ4v) is 13.5. The van der Waals surface area contributed by atoms with E-state index in [9.17, 15) is 91.7 Å². The second kappa shape index (κ2) is 38.4. The summed E-state index contributed by atoms with van der Waals surface area (Å²) in [5.74, 6) is -11.0. The van der Waals surface area contributed by atoms with Crippen molar-refractivity contribution in [2.24, 2.45) is 0 Å². The van der Waals surface area contributed by atoms with Gasteiger partial charge in [0.2, 0.25) is 0 Å². The Morgan fingerprint density at radius 3 is 0.953 bits per heavy atom. The number of aliphatic hydroxyl groups is 2. The maximum atomic E-state index is 14.1. The van der Waals surface area contributed by atoms with Crippen LogP contribution >= 0.6 is 0 Å². The van der Waals surface area contributed by atoms with Gasteiger partial charge in [0.15, 0.2) is 0 Å². The molecule has 0 radical (unpaired) electrons. The molecule has 12 aromatic carbocycles. The zero-order valence-electron chi connectivity index (χ0n) is 68.2. The van der Waals surface area contributed by atoms with Crippen molar-refractivity contribution in [3.63, 3.8) is 0 Å². The van der Waals surface area contributed by atoms with Gasteiger partial charge in [0.25, 0.3) is 22.9 Å². The molecule has 16 rings (SSSR count). The van der Waals surface area contributed by atoms with E-state index in [1.54, 1.807) is 165 Å². The lowest BCUT2D eigenvalue weighted by atomic mass is 9.98. The highest BCUT2D eigenvalue weighted by atomic mass is 19.2. The highest BCUT2D eigenvalue weighted by Crippen LogP contribution is 2.38. The number of ether oxygens (including phenoxy) is 6. The Balaban J connectivity index is 0.000000146. The van der Waals surface area contributed by atoms with Gasteiger partial charge in [-0.25, -0.2) is 62.3 Å². The number of hydrogen-bond donors (Lipinski definition) is 4. The maximum Gasteiger partial charge on any atom is 0.337 e. The summed E-state index contributed by atoms with van der Waals surface area (Å²) in [6, 6.07) is 50.0. The smallest absolute Gasteiger partial charge is 0.337 e. The monoisotopic (exact) mass is 1760 g/mol. The third-order valence-corrected chi connectivity index (χ3v) is 19.9. The van der Waals surface area contributed by atoms with Crippen molar-refractivity contribution < 1.29 is 110 Å². The summed E-state index contributed by atoms with van der Waals surface area (Å²) in [5, 5.41) is 26.0. The summed E-state index contributed by atoms with van der Waals surface area (Å²) < 4.78 is 201. The predicted molar refractivity (Wildman–Crippen MR) is 445 cm³/mol. The number of aromatic nitrogens is 4. The number of halogens is 12. The van der Waals surface area contributed by atoms with Gasteiger partial charge in [0, 0.05) is 70.8 Å². The number of carbonyl (C=O) groups is 4. The number of methoxy groups -OCH3 is 2. The van der Waals surface area contributed by atoms with Crippen LogP contribution in [0.3, 0.4) is 0 Å². The summed E-state index contributed by atoms with van der Waals surface area (Å²) in [4.78, 5) is 83.5. The molecule has 0 bridgehead atoms. The minimum atomic E-state index is -1.05. The van der Waals surface area contributed by atoms with Crippen molar-refractivity contribution in [2.75, 3.05) is 37.4 Å². The van der Waals surface area contributed by atoms with E-state index in [-0.39, 0.29) is 107 Å². The van der Waals surface area contributed by atoms with Crippen LogP contribution in [-0.2, 0) is 46.9 Å². The molecule has 14 aromatic rings. The topological polar surface area (TPSA) is 264 Å². The van der Waals surface area contributed by atoms with Crippen LogP contribution in [0.1, 0.15) is 103 Å². The molecule has 2 amide bonds. The molecular formula is C94H72F12N8O14. The van der Waals surface area contributed by atoms with Crippen molar-refractivity contribution in [3.05, 3.63) is 377 Å². The maximum absolute atomic E-state index is 14.1. The number of anilines is 2. The standard InChI is InChI=1S/C24H21F3N2O3.C24H19F3N2O3.C23H17F3N2O4.C23H15F3N2O4/c2*1-24(2,31)14-4-3-5-16(8-14)32-17-6-7-22-18(11-17)23(30)28-13-29(22)12-19-20(26)9-15(25)10-21(19)27;2*1-31-23(30)13-3-2-4-15(7-13)32-16-5-6-21-17(10-16)22(29)27-12-28(21)11-18-19(25)8-14(24)9-20(18)26/h3-11,31H,12-13H2,1-2H3,(H,28,30);3-11,13,31H,12H2,1-2H3;2-10H,11-12H2,1H3,(H,27,29);2-10,12H,11H2,1H3. The number of nitrogens with one attached hydrogen (secondary N) is 2. The van der Waals surface area contributed by atoms with E-state index >= 15 is 0 Å². The lowest BCUT2D eigenvalue weighted by Gasteiger charge is -2.31. The van der Waals surface area contributed by atoms with Crippen molar-refractivity contribution in [1.29, 1.82) is 0 Å². The molecule has 2 aromatic heterocycles. The molecule has 22 nitrogen and oxygen atoms in total. The molecule has 0 spiro atoms. The third-order valence-electron chi connectivity index (χ3n) is 19.9. The summed E-state index contributed by atoms with van der Waals surface area (Å²) in [6.45, 7) is 5.70. The molecule has 0 atom stereocenters. The number of benzene rings is 12. The molecular weight excluding hydrogens is 1690 g/mol. The second-order valence-corrected chi connectivity index (χ2v) is 29.8. The van der Waals surface area contributed by atoms with Crippen LogP contribution in [0, 0.1) is 69.8 Å². The summed E-state index contributed by atoms with van der Waals surface area (Å²) >= 11 is 0. The fraction of sp³-hybridized carbons (Fsp3) is 0.149. The molecule has 0 saturated carbocycles. The van der Waals surface area contributed by atoms with E-state index in [2.05, 4.69) is 30.1 Å². The second-order valence-electron chi connectivity index (χ2n) is 29.8. The van der Waals surface area contributed by atoms with Crippen LogP contribution in [0.5, 0.6) is 46.0 Å². The first-order valence-corrected chi connectivity index (χ1v) is 38.5. The van der Waals surface area contributed by atoms with E-state index in [1.807, 2.05) is 0 Å². The zero-order valence-corrected chi connectivity index (χ0v) is 68.2. The van der Waals surface area contributed by atoms with E-state index in [1.165, 1.54) is 72.1 Å². The predicted octanol–water partition coefficient (Wildman–Crippen LogP) is 18.5. The summed E-state index contributed by atoms with van der Waals surface area (Å²) in [5.41, 5.74) is -0.446. The van der Waals surface area contributed by atoms with Gasteiger partial charge in [-0.05, 0) is 172 Å². The molecule has 128 heavy (non-hydrogen) atoms. The first-order chi connectivity index (χ1) is 60.9. The Bertz CT molecular complexity index is 6690. The fourth-order valence-electron chi connectivity index (χ4n) is 13.5. The first-order valence-electron chi connectivity index (χ1n) is 38.5. The SMILES string of the molecule is CC(C)(O)c1cccc(Oc2ccc3c(c2)C(=O)NCN3Cc2c(F)cc(F)cc2F)c1.CC(C)(O)c1cccc(Oc2ccc3c(c2)c(=O)ncn3Cc2c(F)cc(F)cc2F)c1.COC(=O)c1cccc(Oc2ccc3c(c2)C(=O)NCN3Cc2c(F)cc(F)cc2F)c1.COC(=O)c1cccc(Oc2ccc3c(c2)c(=O)ncn3Cc2c(F)cc(F)cc2F)c1. The normalized spacial score (nSPS) is 12.2. The third kappa shape index (κ3) is 21.5. The highest BCUT2D eigenvalue weighted by Gasteiger charge is 2.30. The van der Waals surface area contributed by atoms with Gasteiger partial charge in [-0.15, -0.1) is 0 Å². The van der Waals surface area contributed by atoms with E-state index in [4.69, 9.17) is 18.9 Å². The van der Waals surface area contributed by atoms with Gasteiger partial charge in [0.05, 0.1) is 133 Å². The molecule has 0 aliphatic carbocycles. The molecule has 4 N–H and O–H groups in total. The van der Waals surface area contributed by atoms with Crippen molar-refractivity contribution in [2.45, 2.75) is 65.1 Å². The van der Waals surface area contributed by atoms with E-state index < -0.39 is 104 Å². The van der Waals surface area contributed by atoms with Crippen LogP contribution in [0.25, 0.3) is 21.8 Å². The van der Waals surface area contributed by atoms with Gasteiger partial charge in [-0.1, -0.05) is 36.4 Å². The van der Waals surface area contributed by atoms with Gasteiger partial charge >= 0.3 is 11.9 Å². The average molecular weight is 1770 g/mol. The first kappa shape index (κ1) is 90.4. The molecule has 656 valence electrons. The van der Waals surface area contributed by atoms with E-state index in [0.717, 1.165) is 6.33 Å². The van der Waals surface area contributed by atoms with Crippen molar-refractivity contribution in [1.82, 2.24) is 29.7 Å². The molecule has 0 saturated heterocycles. The number of amides is 2. The van der Waals surface area contributed by atoms with Crippen LogP contribution < -0.4 is 50.5 Å². The molecule has 0 fully saturated rings. The van der Waals surface area contributed by atoms with Gasteiger partial charge in [-0.2, -0.15) is 9.97 Å². The van der Waals surface area contributed by atoms with Crippen LogP contribution in [0.15, 0.2) is 241 Å². The lowest BCUT2D eigenvalue weighted by molar-refractivity contribution is 0.0591. The largest absolute Gasteiger partial charge is 0.465 e. The number of carbonyl (C=O) groups excluding carboxylic acids is 4. The van der Waals surface area contributed by atoms with Gasteiger partial charge in [0.1, 0.15) is 116 Å². The Morgan fingerprint density at radius 2 is 0.641 bits per heavy atom. The van der Waals surface area contributed by atoms with Crippen molar-refractivity contribution >= 4 is 56.9 Å². The Labute approximate surface area is 719 Å². The lowest BCUT2D eigenvalue weighted by Crippen LogP contribution is -2.43. The van der Waals surface area contributed by atoms with Gasteiger partial charge in [-0.3, -0.25) is 19.2 Å². The van der Waals surface area contributed by atoms with Gasteiger partial charge < -0.3 is 68.2 Å². The highest BCUT2D eigenvalue weighted by molar-refractivity contribution is 6.03. The quantitative estimate of drug-likeness (QED) is 0.0408. The minimum absolute atomic E-state index is 0.0173. The van der Waals surface area contributed by atoms with Crippen molar-refractivity contribution in [3.8, 4) is 46.0 Å². The van der Waals surface area contributed by atoms with E-state index in [0.29, 0.717) is 128 Å². The van der Waals surface area contributed by atoms with Crippen LogP contribution in [0.2, 0.25) is 0 Å². The summed E-state index contributed by atoms with van der Waals surface area (Å²) in [7, 11) is 2.54. The molecule has 2 aliphatic heterocycles. The number of hydrogen-bond acceptors (Lipinski definition) is 18. The number of rotatable bonds is 20. The number of fused-ring (bicyclic) bond motifs is 4. The molecule has 34 heteroatoms. The Morgan fingerprint density at radius 1 is 0.359 bits per heavy atom. The number of esters is 2. The Kier molecular flexibility index (Phi) is 27.1. The zero-order chi connectivity index (χ0) is 91.7. The summed E-state index contributed by atoms with van der Waals surface area (Å²) in [6.07, 6.45) is 2.34. The van der Waals surface area contributed by atoms with Crippen LogP contribution in [-0.4, -0.2) is 80.6 Å². The molecule has 2 aliphatic rings. The molecule has 0 unspecified atom stereocenters. The van der Waals surface area contributed by atoms with Crippen LogP contribution in [0.4, 0.5) is 64.1 Å².